The minimum Gasteiger partial charge on any atom is -0.481 e. The lowest BCUT2D eigenvalue weighted by Crippen LogP contribution is -2.28. The quantitative estimate of drug-likeness (QED) is 0.128. The first-order chi connectivity index (χ1) is 23.0. The van der Waals surface area contributed by atoms with Crippen LogP contribution in [0.3, 0.4) is 0 Å². The van der Waals surface area contributed by atoms with Crippen LogP contribution in [0.2, 0.25) is 10.0 Å². The Morgan fingerprint density at radius 1 is 1.08 bits per heavy atom. The maximum absolute atomic E-state index is 13.3. The van der Waals surface area contributed by atoms with Crippen LogP contribution in [0.5, 0.6) is 11.8 Å². The number of aromatic nitrogens is 2. The van der Waals surface area contributed by atoms with Crippen LogP contribution in [0.4, 0.5) is 5.82 Å². The lowest BCUT2D eigenvalue weighted by molar-refractivity contribution is -0.139. The summed E-state index contributed by atoms with van der Waals surface area (Å²) in [6.45, 7) is 1.07. The predicted octanol–water partition coefficient (Wildman–Crippen LogP) is 5.76. The Morgan fingerprint density at radius 3 is 2.56 bits per heavy atom. The van der Waals surface area contributed by atoms with Crippen LogP contribution >= 0.6 is 23.2 Å². The molecule has 1 amide bonds. The van der Waals surface area contributed by atoms with E-state index >= 15 is 0 Å². The number of nitrogens with zero attached hydrogens (tertiary/aromatic N) is 3. The summed E-state index contributed by atoms with van der Waals surface area (Å²) in [6.07, 6.45) is 1.39. The molecule has 48 heavy (non-hydrogen) atoms. The maximum Gasteiger partial charge on any atom is 0.306 e. The van der Waals surface area contributed by atoms with Crippen LogP contribution in [0.15, 0.2) is 60.8 Å². The van der Waals surface area contributed by atoms with Gasteiger partial charge in [-0.3, -0.25) is 9.59 Å². The monoisotopic (exact) mass is 693 g/mol. The van der Waals surface area contributed by atoms with Crippen LogP contribution in [-0.2, 0) is 24.3 Å². The van der Waals surface area contributed by atoms with Crippen molar-refractivity contribution in [1.29, 1.82) is 0 Å². The van der Waals surface area contributed by atoms with Gasteiger partial charge in [0.2, 0.25) is 11.8 Å². The van der Waals surface area contributed by atoms with Crippen molar-refractivity contribution in [3.8, 4) is 22.9 Å². The van der Waals surface area contributed by atoms with Gasteiger partial charge < -0.3 is 35.2 Å². The summed E-state index contributed by atoms with van der Waals surface area (Å²) in [5, 5.41) is 25.1. The lowest BCUT2D eigenvalue weighted by atomic mass is 9.95. The molecule has 2 heterocycles. The number of amides is 1. The topological polar surface area (TPSA) is 146 Å². The molecule has 1 aliphatic carbocycles. The largest absolute Gasteiger partial charge is 0.481 e. The molecule has 0 saturated carbocycles. The third kappa shape index (κ3) is 8.41. The highest BCUT2D eigenvalue weighted by atomic mass is 35.5. The summed E-state index contributed by atoms with van der Waals surface area (Å²) in [5.74, 6) is -0.487. The second-order valence-electron chi connectivity index (χ2n) is 11.8. The maximum atomic E-state index is 13.3. The number of anilines is 1. The molecule has 1 aliphatic rings. The van der Waals surface area contributed by atoms with Gasteiger partial charge in [-0.25, -0.2) is 4.98 Å². The van der Waals surface area contributed by atoms with E-state index in [1.54, 1.807) is 24.4 Å². The first-order valence-electron chi connectivity index (χ1n) is 15.4. The minimum absolute atomic E-state index is 0.0758. The molecule has 0 saturated heterocycles. The minimum atomic E-state index is -1.08. The van der Waals surface area contributed by atoms with Crippen molar-refractivity contribution >= 4 is 40.9 Å². The molecule has 1 unspecified atom stereocenters. The molecule has 0 aliphatic heterocycles. The molecular weight excluding hydrogens is 657 g/mol. The fraction of sp³-hybridized carbons (Fsp3) is 0.314. The van der Waals surface area contributed by atoms with Crippen molar-refractivity contribution in [2.24, 2.45) is 0 Å². The number of hydrogen-bond donors (Lipinski definition) is 4. The number of fused-ring (bicyclic) bond motifs is 1. The number of pyridine rings is 2. The lowest BCUT2D eigenvalue weighted by Gasteiger charge is -2.18. The summed E-state index contributed by atoms with van der Waals surface area (Å²) in [5.41, 5.74) is 5.67. The average Bonchev–Trinajstić information content (AvgIpc) is 3.45. The van der Waals surface area contributed by atoms with Gasteiger partial charge >= 0.3 is 5.97 Å². The van der Waals surface area contributed by atoms with Gasteiger partial charge in [0.05, 0.1) is 30.2 Å². The number of hydrogen-bond acceptors (Lipinski definition) is 9. The SMILES string of the molecule is COc1nc(O[C@H]2CCc3c(-c4cccc(C(=O)Nc5ccc(CN(C)C)cn5)c4Cl)cccc32)c(Cl)cc1CNCC(O)CC(=O)O. The highest BCUT2D eigenvalue weighted by molar-refractivity contribution is 6.37. The van der Waals surface area contributed by atoms with Crippen LogP contribution in [0, 0.1) is 0 Å². The second-order valence-corrected chi connectivity index (χ2v) is 12.5. The average molecular weight is 695 g/mol. The van der Waals surface area contributed by atoms with E-state index in [1.807, 2.05) is 55.4 Å². The zero-order valence-corrected chi connectivity index (χ0v) is 28.3. The molecule has 13 heteroatoms. The Kier molecular flexibility index (Phi) is 11.5. The first kappa shape index (κ1) is 35.1. The summed E-state index contributed by atoms with van der Waals surface area (Å²) < 4.78 is 11.8. The number of aliphatic carboxylic acids is 1. The molecule has 2 atom stereocenters. The summed E-state index contributed by atoms with van der Waals surface area (Å²) >= 11 is 13.5. The molecule has 4 aromatic rings. The zero-order chi connectivity index (χ0) is 34.4. The summed E-state index contributed by atoms with van der Waals surface area (Å²) in [7, 11) is 5.44. The summed E-state index contributed by atoms with van der Waals surface area (Å²) in [6, 6.07) is 16.7. The highest BCUT2D eigenvalue weighted by Crippen LogP contribution is 2.43. The number of halogens is 2. The number of ether oxygens (including phenoxy) is 2. The molecule has 11 nitrogen and oxygen atoms in total. The van der Waals surface area contributed by atoms with Crippen molar-refractivity contribution in [3.05, 3.63) is 98.7 Å². The molecule has 252 valence electrons. The number of rotatable bonds is 14. The Labute approximate surface area is 288 Å². The van der Waals surface area contributed by atoms with Gasteiger partial charge in [-0.2, -0.15) is 4.98 Å². The van der Waals surface area contributed by atoms with E-state index in [4.69, 9.17) is 37.8 Å². The second kappa shape index (κ2) is 15.8. The van der Waals surface area contributed by atoms with Crippen molar-refractivity contribution in [2.45, 2.75) is 44.6 Å². The Balaban J connectivity index is 1.32. The zero-order valence-electron chi connectivity index (χ0n) is 26.8. The van der Waals surface area contributed by atoms with E-state index in [-0.39, 0.29) is 42.4 Å². The van der Waals surface area contributed by atoms with Gasteiger partial charge in [0.25, 0.3) is 5.91 Å². The Morgan fingerprint density at radius 2 is 1.85 bits per heavy atom. The van der Waals surface area contributed by atoms with E-state index in [0.29, 0.717) is 40.7 Å². The number of carboxylic acid groups (broad SMARTS) is 1. The van der Waals surface area contributed by atoms with Crippen molar-refractivity contribution in [2.75, 3.05) is 33.1 Å². The van der Waals surface area contributed by atoms with Crippen LogP contribution in [0.1, 0.15) is 51.6 Å². The van der Waals surface area contributed by atoms with Crippen LogP contribution < -0.4 is 20.1 Å². The number of carboxylic acids is 1. The van der Waals surface area contributed by atoms with Gasteiger partial charge in [0.15, 0.2) is 0 Å². The van der Waals surface area contributed by atoms with Gasteiger partial charge in [-0.15, -0.1) is 0 Å². The fourth-order valence-electron chi connectivity index (χ4n) is 5.71. The van der Waals surface area contributed by atoms with E-state index in [0.717, 1.165) is 34.4 Å². The number of aliphatic hydroxyl groups is 1. The molecule has 0 bridgehead atoms. The third-order valence-electron chi connectivity index (χ3n) is 7.85. The number of nitrogens with one attached hydrogen (secondary N) is 2. The molecule has 4 N–H and O–H groups in total. The van der Waals surface area contributed by atoms with Gasteiger partial charge in [0, 0.05) is 37.0 Å². The molecule has 2 aromatic carbocycles. The standard InChI is InChI=1S/C35H37Cl2N5O6/c1-42(2)19-20-10-13-30(39-16-20)40-33(46)27-9-5-8-26(32(27)37)23-6-4-7-25-24(23)11-12-29(25)48-35-28(36)14-21(34(41-35)47-3)17-38-18-22(43)15-31(44)45/h4-10,13-14,16,22,29,38,43H,11-12,15,17-19H2,1-3H3,(H,44,45)(H,39,40,46)/t22?,29-/m0/s1. The predicted molar refractivity (Wildman–Crippen MR) is 184 cm³/mol. The third-order valence-corrected chi connectivity index (χ3v) is 8.53. The van der Waals surface area contributed by atoms with Gasteiger partial charge in [0.1, 0.15) is 16.9 Å². The van der Waals surface area contributed by atoms with Crippen molar-refractivity contribution in [1.82, 2.24) is 20.2 Å². The Hall–Kier alpha value is -4.26. The first-order valence-corrected chi connectivity index (χ1v) is 16.1. The number of aliphatic hydroxyl groups excluding tert-OH is 1. The number of benzene rings is 2. The number of carbonyl (C=O) groups is 2. The normalized spacial score (nSPS) is 14.4. The Bertz CT molecular complexity index is 1790. The molecule has 0 fully saturated rings. The molecular formula is C35H37Cl2N5O6. The van der Waals surface area contributed by atoms with Crippen molar-refractivity contribution in [3.63, 3.8) is 0 Å². The molecule has 0 spiro atoms. The van der Waals surface area contributed by atoms with E-state index in [9.17, 15) is 14.7 Å². The smallest absolute Gasteiger partial charge is 0.306 e. The fourth-order valence-corrected chi connectivity index (χ4v) is 6.24. The number of carbonyl (C=O) groups excluding carboxylic acids is 1. The summed E-state index contributed by atoms with van der Waals surface area (Å²) in [4.78, 5) is 35.0. The highest BCUT2D eigenvalue weighted by Gasteiger charge is 2.29. The van der Waals surface area contributed by atoms with E-state index < -0.39 is 12.1 Å². The van der Waals surface area contributed by atoms with Gasteiger partial charge in [-0.05, 0) is 67.4 Å². The number of methoxy groups -OCH3 is 1. The van der Waals surface area contributed by atoms with Crippen LogP contribution in [0.25, 0.3) is 11.1 Å². The van der Waals surface area contributed by atoms with E-state index in [2.05, 4.69) is 20.6 Å². The van der Waals surface area contributed by atoms with Crippen LogP contribution in [-0.4, -0.2) is 70.8 Å². The van der Waals surface area contributed by atoms with E-state index in [1.165, 1.54) is 7.11 Å². The molecule has 5 rings (SSSR count). The van der Waals surface area contributed by atoms with Gasteiger partial charge in [-0.1, -0.05) is 59.6 Å². The molecule has 0 radical (unpaired) electrons. The molecule has 2 aromatic heterocycles. The van der Waals surface area contributed by atoms with Crippen molar-refractivity contribution < 1.29 is 29.3 Å².